The van der Waals surface area contributed by atoms with Gasteiger partial charge in [-0.25, -0.2) is 13.1 Å². The maximum atomic E-state index is 12.1. The first-order chi connectivity index (χ1) is 8.01. The molecule has 0 heterocycles. The van der Waals surface area contributed by atoms with E-state index in [0.29, 0.717) is 12.0 Å². The highest BCUT2D eigenvalue weighted by molar-refractivity contribution is 7.89. The lowest BCUT2D eigenvalue weighted by molar-refractivity contribution is 0.542. The van der Waals surface area contributed by atoms with Crippen LogP contribution in [0.1, 0.15) is 25.3 Å². The standard InChI is InChI=1S/C12H16N2O2S/c1-3-11(8-9-13)14-17(15,16)12-7-5-4-6-10(12)2/h4-7,11,14H,3,8H2,1-2H3. The molecule has 0 aliphatic rings. The molecule has 17 heavy (non-hydrogen) atoms. The molecule has 0 spiro atoms. The summed E-state index contributed by atoms with van der Waals surface area (Å²) in [5.41, 5.74) is 0.701. The second kappa shape index (κ2) is 5.80. The van der Waals surface area contributed by atoms with E-state index in [1.54, 1.807) is 31.2 Å². The van der Waals surface area contributed by atoms with Gasteiger partial charge in [0.05, 0.1) is 17.4 Å². The molecule has 0 aliphatic carbocycles. The molecule has 1 unspecified atom stereocenters. The third-order valence-corrected chi connectivity index (χ3v) is 4.22. The Kier molecular flexibility index (Phi) is 4.67. The molecule has 1 aromatic rings. The molecular formula is C12H16N2O2S. The zero-order chi connectivity index (χ0) is 12.9. The van der Waals surface area contributed by atoms with Crippen LogP contribution in [0.3, 0.4) is 0 Å². The zero-order valence-electron chi connectivity index (χ0n) is 9.97. The summed E-state index contributed by atoms with van der Waals surface area (Å²) in [5.74, 6) is 0. The van der Waals surface area contributed by atoms with Gasteiger partial charge in [-0.15, -0.1) is 0 Å². The van der Waals surface area contributed by atoms with Crippen molar-refractivity contribution in [2.75, 3.05) is 0 Å². The molecule has 0 bridgehead atoms. The van der Waals surface area contributed by atoms with E-state index in [4.69, 9.17) is 5.26 Å². The quantitative estimate of drug-likeness (QED) is 0.871. The van der Waals surface area contributed by atoms with Crippen LogP contribution in [-0.2, 0) is 10.0 Å². The maximum Gasteiger partial charge on any atom is 0.241 e. The molecule has 5 heteroatoms. The van der Waals surface area contributed by atoms with Crippen LogP contribution >= 0.6 is 0 Å². The summed E-state index contributed by atoms with van der Waals surface area (Å²) < 4.78 is 26.7. The Hall–Kier alpha value is -1.38. The van der Waals surface area contributed by atoms with Crippen LogP contribution in [0.5, 0.6) is 0 Å². The zero-order valence-corrected chi connectivity index (χ0v) is 10.8. The SMILES string of the molecule is CCC(CC#N)NS(=O)(=O)c1ccccc1C. The minimum absolute atomic E-state index is 0.182. The molecule has 0 saturated heterocycles. The van der Waals surface area contributed by atoms with Gasteiger partial charge >= 0.3 is 0 Å². The molecule has 0 saturated carbocycles. The molecule has 0 amide bonds. The third kappa shape index (κ3) is 3.55. The Balaban J connectivity index is 2.97. The van der Waals surface area contributed by atoms with Crippen molar-refractivity contribution >= 4 is 10.0 Å². The largest absolute Gasteiger partial charge is 0.241 e. The topological polar surface area (TPSA) is 70.0 Å². The van der Waals surface area contributed by atoms with E-state index < -0.39 is 10.0 Å². The summed E-state index contributed by atoms with van der Waals surface area (Å²) in [7, 11) is -3.53. The van der Waals surface area contributed by atoms with Gasteiger partial charge in [0.2, 0.25) is 10.0 Å². The van der Waals surface area contributed by atoms with E-state index in [2.05, 4.69) is 4.72 Å². The highest BCUT2D eigenvalue weighted by Gasteiger charge is 2.20. The minimum Gasteiger partial charge on any atom is -0.207 e. The van der Waals surface area contributed by atoms with Crippen LogP contribution in [-0.4, -0.2) is 14.5 Å². The van der Waals surface area contributed by atoms with Gasteiger partial charge in [0.1, 0.15) is 0 Å². The highest BCUT2D eigenvalue weighted by atomic mass is 32.2. The molecule has 92 valence electrons. The number of sulfonamides is 1. The first-order valence-corrected chi connectivity index (χ1v) is 6.94. The van der Waals surface area contributed by atoms with Crippen molar-refractivity contribution in [2.24, 2.45) is 0 Å². The first kappa shape index (κ1) is 13.7. The summed E-state index contributed by atoms with van der Waals surface area (Å²) in [5, 5.41) is 8.60. The molecule has 0 aliphatic heterocycles. The fourth-order valence-electron chi connectivity index (χ4n) is 1.52. The predicted octanol–water partition coefficient (Wildman–Crippen LogP) is 1.97. The van der Waals surface area contributed by atoms with Crippen molar-refractivity contribution < 1.29 is 8.42 Å². The van der Waals surface area contributed by atoms with Gasteiger partial charge in [0, 0.05) is 6.04 Å². The lowest BCUT2D eigenvalue weighted by Crippen LogP contribution is -2.34. The Morgan fingerprint density at radius 1 is 1.41 bits per heavy atom. The average Bonchev–Trinajstić information content (AvgIpc) is 2.28. The van der Waals surface area contributed by atoms with E-state index in [1.165, 1.54) is 0 Å². The molecule has 1 aromatic carbocycles. The van der Waals surface area contributed by atoms with E-state index in [0.717, 1.165) is 0 Å². The second-order valence-corrected chi connectivity index (χ2v) is 5.54. The number of benzene rings is 1. The van der Waals surface area contributed by atoms with E-state index in [-0.39, 0.29) is 17.4 Å². The monoisotopic (exact) mass is 252 g/mol. The number of nitrogens with zero attached hydrogens (tertiary/aromatic N) is 1. The molecule has 0 aromatic heterocycles. The normalized spacial score (nSPS) is 13.0. The fraction of sp³-hybridized carbons (Fsp3) is 0.417. The summed E-state index contributed by atoms with van der Waals surface area (Å²) >= 11 is 0. The van der Waals surface area contributed by atoms with Gasteiger partial charge in [-0.3, -0.25) is 0 Å². The number of hydrogen-bond acceptors (Lipinski definition) is 3. The van der Waals surface area contributed by atoms with E-state index >= 15 is 0 Å². The van der Waals surface area contributed by atoms with Gasteiger partial charge in [-0.05, 0) is 25.0 Å². The van der Waals surface area contributed by atoms with Crippen LogP contribution in [0.4, 0.5) is 0 Å². The summed E-state index contributed by atoms with van der Waals surface area (Å²) in [4.78, 5) is 0.274. The number of rotatable bonds is 5. The Labute approximate surface area is 102 Å². The lowest BCUT2D eigenvalue weighted by atomic mass is 10.2. The van der Waals surface area contributed by atoms with Crippen molar-refractivity contribution in [1.82, 2.24) is 4.72 Å². The first-order valence-electron chi connectivity index (χ1n) is 5.46. The van der Waals surface area contributed by atoms with Crippen molar-refractivity contribution in [1.29, 1.82) is 5.26 Å². The highest BCUT2D eigenvalue weighted by Crippen LogP contribution is 2.15. The number of hydrogen-bond donors (Lipinski definition) is 1. The van der Waals surface area contributed by atoms with Crippen LogP contribution in [0.25, 0.3) is 0 Å². The van der Waals surface area contributed by atoms with Crippen molar-refractivity contribution in [3.8, 4) is 6.07 Å². The Morgan fingerprint density at radius 3 is 2.59 bits per heavy atom. The second-order valence-electron chi connectivity index (χ2n) is 3.85. The molecule has 1 atom stereocenters. The molecule has 1 N–H and O–H groups in total. The Bertz CT molecular complexity index is 518. The number of nitriles is 1. The van der Waals surface area contributed by atoms with Crippen LogP contribution in [0.15, 0.2) is 29.2 Å². The van der Waals surface area contributed by atoms with Crippen molar-refractivity contribution in [2.45, 2.75) is 37.6 Å². The average molecular weight is 252 g/mol. The van der Waals surface area contributed by atoms with Gasteiger partial charge < -0.3 is 0 Å². The summed E-state index contributed by atoms with van der Waals surface area (Å²) in [6, 6.07) is 8.45. The molecule has 0 fully saturated rings. The van der Waals surface area contributed by atoms with Gasteiger partial charge in [0.25, 0.3) is 0 Å². The summed E-state index contributed by atoms with van der Waals surface area (Å²) in [6.07, 6.45) is 0.778. The minimum atomic E-state index is -3.53. The number of nitrogens with one attached hydrogen (secondary N) is 1. The van der Waals surface area contributed by atoms with E-state index in [9.17, 15) is 8.42 Å². The molecule has 0 radical (unpaired) electrons. The lowest BCUT2D eigenvalue weighted by Gasteiger charge is -2.15. The van der Waals surface area contributed by atoms with E-state index in [1.807, 2.05) is 13.0 Å². The van der Waals surface area contributed by atoms with Crippen LogP contribution < -0.4 is 4.72 Å². The van der Waals surface area contributed by atoms with Gasteiger partial charge in [0.15, 0.2) is 0 Å². The smallest absolute Gasteiger partial charge is 0.207 e. The van der Waals surface area contributed by atoms with Gasteiger partial charge in [-0.1, -0.05) is 25.1 Å². The molecule has 1 rings (SSSR count). The number of aryl methyl sites for hydroxylation is 1. The Morgan fingerprint density at radius 2 is 2.06 bits per heavy atom. The summed E-state index contributed by atoms with van der Waals surface area (Å²) in [6.45, 7) is 3.60. The fourth-order valence-corrected chi connectivity index (χ4v) is 3.09. The van der Waals surface area contributed by atoms with Gasteiger partial charge in [-0.2, -0.15) is 5.26 Å². The predicted molar refractivity (Wildman–Crippen MR) is 65.8 cm³/mol. The third-order valence-electron chi connectivity index (χ3n) is 2.54. The maximum absolute atomic E-state index is 12.1. The molecule has 4 nitrogen and oxygen atoms in total. The molecular weight excluding hydrogens is 236 g/mol. The van der Waals surface area contributed by atoms with Crippen molar-refractivity contribution in [3.63, 3.8) is 0 Å². The van der Waals surface area contributed by atoms with Crippen LogP contribution in [0, 0.1) is 18.3 Å². The van der Waals surface area contributed by atoms with Crippen molar-refractivity contribution in [3.05, 3.63) is 29.8 Å². The van der Waals surface area contributed by atoms with Crippen LogP contribution in [0.2, 0.25) is 0 Å².